The summed E-state index contributed by atoms with van der Waals surface area (Å²) in [5.41, 5.74) is 0. The van der Waals surface area contributed by atoms with Gasteiger partial charge in [0, 0.05) is 25.7 Å². The third kappa shape index (κ3) is 68.4. The van der Waals surface area contributed by atoms with Crippen molar-refractivity contribution in [1.29, 1.82) is 0 Å². The highest BCUT2D eigenvalue weighted by Crippen LogP contribution is 2.45. The van der Waals surface area contributed by atoms with E-state index in [1.165, 1.54) is 167 Å². The maximum absolute atomic E-state index is 13.1. The first-order valence-corrected chi connectivity index (χ1v) is 41.2. The van der Waals surface area contributed by atoms with Gasteiger partial charge in [0.15, 0.2) is 12.2 Å². The first-order valence-electron chi connectivity index (χ1n) is 38.2. The van der Waals surface area contributed by atoms with Gasteiger partial charge in [-0.05, 0) is 49.4 Å². The zero-order chi connectivity index (χ0) is 68.9. The van der Waals surface area contributed by atoms with Crippen LogP contribution in [0.4, 0.5) is 0 Å². The van der Waals surface area contributed by atoms with E-state index in [-0.39, 0.29) is 25.7 Å². The van der Waals surface area contributed by atoms with Gasteiger partial charge >= 0.3 is 39.5 Å². The normalized spacial score (nSPS) is 14.2. The highest BCUT2D eigenvalue weighted by atomic mass is 31.2. The summed E-state index contributed by atoms with van der Waals surface area (Å²) in [5.74, 6) is 0.867. The van der Waals surface area contributed by atoms with Crippen molar-refractivity contribution >= 4 is 39.5 Å². The number of unbranched alkanes of at least 4 members (excludes halogenated alkanes) is 37. The van der Waals surface area contributed by atoms with E-state index in [1.54, 1.807) is 0 Å². The minimum Gasteiger partial charge on any atom is -0.462 e. The molecule has 0 saturated heterocycles. The molecule has 0 amide bonds. The smallest absolute Gasteiger partial charge is 0.462 e. The standard InChI is InChI=1S/C74H144O17P2/c1-64(2)50-42-34-26-20-15-11-9-10-12-18-24-30-40-48-56-73(78)90-69(60-84-71(76)54-46-38-29-23-17-14-13-16-21-27-35-43-51-65(3)4)62-88-92(80,81)86-58-68(75)59-87-93(82,83)89-63-70(61-85-72(77)55-47-39-33-32-37-45-53-67(7)8)91-74(79)57-49-41-31-25-19-22-28-36-44-52-66(5)6/h64-70,75H,9-63H2,1-8H3,(H,80,81)(H,82,83)/t68-,69-,70-/m1/s1. The number of hydrogen-bond acceptors (Lipinski definition) is 15. The molecule has 17 nitrogen and oxygen atoms in total. The van der Waals surface area contributed by atoms with Gasteiger partial charge in [-0.25, -0.2) is 9.13 Å². The Morgan fingerprint density at radius 3 is 0.667 bits per heavy atom. The van der Waals surface area contributed by atoms with E-state index in [0.29, 0.717) is 31.6 Å². The quantitative estimate of drug-likeness (QED) is 0.0222. The SMILES string of the molecule is CC(C)CCCCCCCCCCCCCCCCC(=O)O[C@H](COC(=O)CCCCCCCCCCCCCCC(C)C)COP(=O)(O)OC[C@@H](O)COP(=O)(O)OC[C@@H](COC(=O)CCCCCCCCC(C)C)OC(=O)CCCCCCCCCCCC(C)C. The predicted molar refractivity (Wildman–Crippen MR) is 377 cm³/mol. The Morgan fingerprint density at radius 1 is 0.269 bits per heavy atom. The molecule has 19 heteroatoms. The van der Waals surface area contributed by atoms with Gasteiger partial charge < -0.3 is 33.8 Å². The van der Waals surface area contributed by atoms with Crippen molar-refractivity contribution in [2.75, 3.05) is 39.6 Å². The first kappa shape index (κ1) is 91.1. The van der Waals surface area contributed by atoms with E-state index in [9.17, 15) is 43.2 Å². The number of aliphatic hydroxyl groups excluding tert-OH is 1. The molecule has 0 aromatic carbocycles. The Morgan fingerprint density at radius 2 is 0.452 bits per heavy atom. The summed E-state index contributed by atoms with van der Waals surface area (Å²) < 4.78 is 68.4. The van der Waals surface area contributed by atoms with Crippen molar-refractivity contribution in [3.05, 3.63) is 0 Å². The number of hydrogen-bond donors (Lipinski definition) is 3. The van der Waals surface area contributed by atoms with Crippen LogP contribution in [0.1, 0.15) is 370 Å². The average Bonchev–Trinajstić information content (AvgIpc) is 2.97. The van der Waals surface area contributed by atoms with Crippen LogP contribution >= 0.6 is 15.6 Å². The molecular weight excluding hydrogens is 1220 g/mol. The van der Waals surface area contributed by atoms with Crippen LogP contribution in [0.15, 0.2) is 0 Å². The lowest BCUT2D eigenvalue weighted by atomic mass is 10.0. The molecule has 5 atom stereocenters. The zero-order valence-electron chi connectivity index (χ0n) is 60.9. The summed E-state index contributed by atoms with van der Waals surface area (Å²) in [6.07, 6.45) is 47.3. The van der Waals surface area contributed by atoms with E-state index in [2.05, 4.69) is 55.4 Å². The Hall–Kier alpha value is -1.94. The van der Waals surface area contributed by atoms with Crippen LogP contribution < -0.4 is 0 Å². The van der Waals surface area contributed by atoms with Crippen LogP contribution in [0.2, 0.25) is 0 Å². The monoisotopic (exact) mass is 1370 g/mol. The van der Waals surface area contributed by atoms with E-state index < -0.39 is 97.5 Å². The van der Waals surface area contributed by atoms with Crippen molar-refractivity contribution in [1.82, 2.24) is 0 Å². The number of rotatable bonds is 71. The Labute approximate surface area is 568 Å². The molecule has 0 radical (unpaired) electrons. The molecule has 0 aliphatic rings. The largest absolute Gasteiger partial charge is 0.472 e. The second-order valence-corrected chi connectivity index (χ2v) is 31.5. The number of esters is 4. The molecule has 552 valence electrons. The molecular formula is C74H144O17P2. The number of ether oxygens (including phenoxy) is 4. The molecule has 0 heterocycles. The minimum absolute atomic E-state index is 0.104. The van der Waals surface area contributed by atoms with Crippen LogP contribution in [0.3, 0.4) is 0 Å². The molecule has 0 aromatic rings. The Kier molecular flexibility index (Phi) is 62.2. The van der Waals surface area contributed by atoms with E-state index in [0.717, 1.165) is 114 Å². The molecule has 0 aliphatic carbocycles. The van der Waals surface area contributed by atoms with Crippen LogP contribution in [0.5, 0.6) is 0 Å². The fourth-order valence-electron chi connectivity index (χ4n) is 11.2. The van der Waals surface area contributed by atoms with E-state index in [1.807, 2.05) is 0 Å². The number of carbonyl (C=O) groups is 4. The highest BCUT2D eigenvalue weighted by molar-refractivity contribution is 7.47. The molecule has 0 aliphatic heterocycles. The first-order chi connectivity index (χ1) is 44.6. The summed E-state index contributed by atoms with van der Waals surface area (Å²) >= 11 is 0. The third-order valence-electron chi connectivity index (χ3n) is 17.1. The third-order valence-corrected chi connectivity index (χ3v) is 19.0. The molecule has 93 heavy (non-hydrogen) atoms. The Balaban J connectivity index is 5.24. The molecule has 0 aromatic heterocycles. The fourth-order valence-corrected chi connectivity index (χ4v) is 12.8. The van der Waals surface area contributed by atoms with Crippen molar-refractivity contribution in [2.45, 2.75) is 388 Å². The van der Waals surface area contributed by atoms with Crippen LogP contribution in [-0.4, -0.2) is 96.7 Å². The Bertz CT molecular complexity index is 1830. The van der Waals surface area contributed by atoms with Gasteiger partial charge in [0.1, 0.15) is 19.3 Å². The van der Waals surface area contributed by atoms with E-state index >= 15 is 0 Å². The molecule has 0 bridgehead atoms. The second-order valence-electron chi connectivity index (χ2n) is 28.6. The van der Waals surface area contributed by atoms with Crippen molar-refractivity contribution in [3.63, 3.8) is 0 Å². The van der Waals surface area contributed by atoms with E-state index in [4.69, 9.17) is 37.0 Å². The molecule has 0 rings (SSSR count). The fraction of sp³-hybridized carbons (Fsp3) is 0.946. The maximum Gasteiger partial charge on any atom is 0.472 e. The van der Waals surface area contributed by atoms with Crippen molar-refractivity contribution < 1.29 is 80.2 Å². The van der Waals surface area contributed by atoms with Gasteiger partial charge in [-0.15, -0.1) is 0 Å². The summed E-state index contributed by atoms with van der Waals surface area (Å²) in [5, 5.41) is 10.6. The number of phosphoric acid groups is 2. The van der Waals surface area contributed by atoms with Gasteiger partial charge in [-0.2, -0.15) is 0 Å². The van der Waals surface area contributed by atoms with Gasteiger partial charge in [0.2, 0.25) is 0 Å². The molecule has 0 fully saturated rings. The minimum atomic E-state index is -4.96. The van der Waals surface area contributed by atoms with Gasteiger partial charge in [-0.3, -0.25) is 37.3 Å². The lowest BCUT2D eigenvalue weighted by Crippen LogP contribution is -2.30. The molecule has 0 saturated carbocycles. The summed E-state index contributed by atoms with van der Waals surface area (Å²) in [4.78, 5) is 72.7. The summed E-state index contributed by atoms with van der Waals surface area (Å²) in [6, 6.07) is 0. The molecule has 0 spiro atoms. The molecule has 3 N–H and O–H groups in total. The summed E-state index contributed by atoms with van der Waals surface area (Å²) in [6.45, 7) is 14.1. The topological polar surface area (TPSA) is 237 Å². The average molecular weight is 1370 g/mol. The van der Waals surface area contributed by atoms with Gasteiger partial charge in [0.25, 0.3) is 0 Å². The zero-order valence-corrected chi connectivity index (χ0v) is 62.7. The van der Waals surface area contributed by atoms with Crippen molar-refractivity contribution in [3.8, 4) is 0 Å². The number of carbonyl (C=O) groups excluding carboxylic acids is 4. The molecule has 2 unspecified atom stereocenters. The second kappa shape index (κ2) is 63.5. The lowest BCUT2D eigenvalue weighted by molar-refractivity contribution is -0.161. The van der Waals surface area contributed by atoms with Gasteiger partial charge in [-0.1, -0.05) is 319 Å². The van der Waals surface area contributed by atoms with Crippen molar-refractivity contribution in [2.24, 2.45) is 23.7 Å². The van der Waals surface area contributed by atoms with Crippen LogP contribution in [-0.2, 0) is 65.4 Å². The van der Waals surface area contributed by atoms with Crippen LogP contribution in [0, 0.1) is 23.7 Å². The predicted octanol–water partition coefficient (Wildman–Crippen LogP) is 21.3. The van der Waals surface area contributed by atoms with Gasteiger partial charge in [0.05, 0.1) is 26.4 Å². The number of phosphoric ester groups is 2. The summed E-state index contributed by atoms with van der Waals surface area (Å²) in [7, 11) is -9.91. The van der Waals surface area contributed by atoms with Crippen LogP contribution in [0.25, 0.3) is 0 Å². The maximum atomic E-state index is 13.1. The highest BCUT2D eigenvalue weighted by Gasteiger charge is 2.30. The number of aliphatic hydroxyl groups is 1. The lowest BCUT2D eigenvalue weighted by Gasteiger charge is -2.21.